The van der Waals surface area contributed by atoms with Crippen molar-refractivity contribution in [2.75, 3.05) is 18.0 Å². The van der Waals surface area contributed by atoms with Crippen molar-refractivity contribution in [1.82, 2.24) is 14.6 Å². The van der Waals surface area contributed by atoms with E-state index in [1.807, 2.05) is 11.0 Å². The summed E-state index contributed by atoms with van der Waals surface area (Å²) in [6.07, 6.45) is 2.81. The SMILES string of the molecule is FC(F)C1CN(c2nccn3nccc23)C1. The van der Waals surface area contributed by atoms with Crippen LogP contribution < -0.4 is 4.90 Å². The Hall–Kier alpha value is -1.72. The number of hydrogen-bond donors (Lipinski definition) is 0. The molecule has 0 atom stereocenters. The first kappa shape index (κ1) is 9.50. The van der Waals surface area contributed by atoms with Gasteiger partial charge in [0.05, 0.1) is 12.1 Å². The van der Waals surface area contributed by atoms with Crippen LogP contribution >= 0.6 is 0 Å². The maximum atomic E-state index is 12.4. The molecule has 0 bridgehead atoms. The number of hydrogen-bond acceptors (Lipinski definition) is 3. The minimum atomic E-state index is -2.24. The summed E-state index contributed by atoms with van der Waals surface area (Å²) in [4.78, 5) is 6.07. The molecule has 0 saturated carbocycles. The molecule has 2 aromatic heterocycles. The van der Waals surface area contributed by atoms with Crippen LogP contribution in [0.1, 0.15) is 0 Å². The molecule has 0 radical (unpaired) electrons. The lowest BCUT2D eigenvalue weighted by Gasteiger charge is -2.39. The number of fused-ring (bicyclic) bond motifs is 1. The molecule has 4 nitrogen and oxygen atoms in total. The molecule has 0 amide bonds. The summed E-state index contributed by atoms with van der Waals surface area (Å²) in [5.74, 6) is 0.210. The van der Waals surface area contributed by atoms with E-state index in [-0.39, 0.29) is 0 Å². The van der Waals surface area contributed by atoms with E-state index in [1.165, 1.54) is 0 Å². The van der Waals surface area contributed by atoms with E-state index in [2.05, 4.69) is 10.1 Å². The topological polar surface area (TPSA) is 33.4 Å². The number of alkyl halides is 2. The second-order valence-electron chi connectivity index (χ2n) is 3.91. The molecular weight excluding hydrogens is 214 g/mol. The lowest BCUT2D eigenvalue weighted by atomic mass is 10.0. The number of aromatic nitrogens is 3. The number of halogens is 2. The van der Waals surface area contributed by atoms with Crippen molar-refractivity contribution in [2.45, 2.75) is 6.43 Å². The Balaban J connectivity index is 1.88. The monoisotopic (exact) mass is 224 g/mol. The zero-order valence-electron chi connectivity index (χ0n) is 8.42. The molecule has 0 N–H and O–H groups in total. The predicted molar refractivity (Wildman–Crippen MR) is 54.7 cm³/mol. The predicted octanol–water partition coefficient (Wildman–Crippen LogP) is 1.43. The van der Waals surface area contributed by atoms with E-state index >= 15 is 0 Å². The number of anilines is 1. The third-order valence-electron chi connectivity index (χ3n) is 2.87. The summed E-state index contributed by atoms with van der Waals surface area (Å²) in [5.41, 5.74) is 0.857. The van der Waals surface area contributed by atoms with Gasteiger partial charge >= 0.3 is 0 Å². The standard InChI is InChI=1S/C10H10F2N4/c11-9(12)7-5-15(6-7)10-8-1-2-14-16(8)4-3-13-10/h1-4,7,9H,5-6H2. The normalized spacial score (nSPS) is 17.1. The molecule has 3 rings (SSSR count). The molecule has 2 aromatic rings. The molecule has 3 heterocycles. The zero-order valence-corrected chi connectivity index (χ0v) is 8.42. The van der Waals surface area contributed by atoms with Gasteiger partial charge < -0.3 is 4.90 Å². The molecule has 1 aliphatic heterocycles. The average molecular weight is 224 g/mol. The highest BCUT2D eigenvalue weighted by atomic mass is 19.3. The van der Waals surface area contributed by atoms with Gasteiger partial charge in [0.25, 0.3) is 0 Å². The van der Waals surface area contributed by atoms with E-state index in [4.69, 9.17) is 0 Å². The van der Waals surface area contributed by atoms with Crippen LogP contribution in [0, 0.1) is 5.92 Å². The minimum Gasteiger partial charge on any atom is -0.354 e. The van der Waals surface area contributed by atoms with Gasteiger partial charge in [-0.2, -0.15) is 5.10 Å². The maximum absolute atomic E-state index is 12.4. The summed E-state index contributed by atoms with van der Waals surface area (Å²) < 4.78 is 26.4. The van der Waals surface area contributed by atoms with Crippen LogP contribution in [0.25, 0.3) is 5.52 Å². The molecule has 0 spiro atoms. The quantitative estimate of drug-likeness (QED) is 0.773. The van der Waals surface area contributed by atoms with Gasteiger partial charge in [0.2, 0.25) is 6.43 Å². The minimum absolute atomic E-state index is 0.371. The van der Waals surface area contributed by atoms with Gasteiger partial charge in [-0.3, -0.25) is 0 Å². The van der Waals surface area contributed by atoms with Crippen molar-refractivity contribution in [3.8, 4) is 0 Å². The highest BCUT2D eigenvalue weighted by Gasteiger charge is 2.35. The molecule has 16 heavy (non-hydrogen) atoms. The maximum Gasteiger partial charge on any atom is 0.244 e. The van der Waals surface area contributed by atoms with Crippen LogP contribution in [0.15, 0.2) is 24.7 Å². The lowest BCUT2D eigenvalue weighted by molar-refractivity contribution is 0.0612. The van der Waals surface area contributed by atoms with Crippen LogP contribution in [0.3, 0.4) is 0 Å². The van der Waals surface area contributed by atoms with E-state index in [0.29, 0.717) is 13.1 Å². The largest absolute Gasteiger partial charge is 0.354 e. The first-order valence-corrected chi connectivity index (χ1v) is 5.07. The van der Waals surface area contributed by atoms with Gasteiger partial charge in [0.1, 0.15) is 5.52 Å². The Kier molecular flexibility index (Phi) is 2.02. The Morgan fingerprint density at radius 3 is 2.88 bits per heavy atom. The second-order valence-corrected chi connectivity index (χ2v) is 3.91. The van der Waals surface area contributed by atoms with Gasteiger partial charge in [-0.05, 0) is 6.07 Å². The van der Waals surface area contributed by atoms with Gasteiger partial charge in [-0.1, -0.05) is 0 Å². The summed E-state index contributed by atoms with van der Waals surface area (Å²) in [5, 5.41) is 4.08. The highest BCUT2D eigenvalue weighted by molar-refractivity contribution is 5.69. The van der Waals surface area contributed by atoms with Gasteiger partial charge in [-0.15, -0.1) is 0 Å². The summed E-state index contributed by atoms with van der Waals surface area (Å²) >= 11 is 0. The first-order chi connectivity index (χ1) is 7.75. The van der Waals surface area contributed by atoms with Crippen LogP contribution in [0.4, 0.5) is 14.6 Å². The fourth-order valence-corrected chi connectivity index (χ4v) is 1.93. The van der Waals surface area contributed by atoms with Crippen LogP contribution in [-0.4, -0.2) is 34.1 Å². The Bertz CT molecular complexity index is 504. The van der Waals surface area contributed by atoms with Crippen LogP contribution in [-0.2, 0) is 0 Å². The molecule has 0 unspecified atom stereocenters. The second kappa shape index (κ2) is 3.40. The fourth-order valence-electron chi connectivity index (χ4n) is 1.93. The number of nitrogens with zero attached hydrogens (tertiary/aromatic N) is 4. The summed E-state index contributed by atoms with van der Waals surface area (Å²) in [6, 6.07) is 1.83. The molecule has 0 aliphatic carbocycles. The van der Waals surface area contributed by atoms with Crippen molar-refractivity contribution in [2.24, 2.45) is 5.92 Å². The third-order valence-corrected chi connectivity index (χ3v) is 2.87. The summed E-state index contributed by atoms with van der Waals surface area (Å²) in [7, 11) is 0. The Labute approximate surface area is 90.5 Å². The Morgan fingerprint density at radius 2 is 2.12 bits per heavy atom. The number of rotatable bonds is 2. The van der Waals surface area contributed by atoms with E-state index in [1.54, 1.807) is 23.1 Å². The molecule has 84 valence electrons. The average Bonchev–Trinajstić information content (AvgIpc) is 2.63. The van der Waals surface area contributed by atoms with Crippen LogP contribution in [0.2, 0.25) is 0 Å². The highest BCUT2D eigenvalue weighted by Crippen LogP contribution is 2.29. The molecule has 0 aromatic carbocycles. The van der Waals surface area contributed by atoms with Gasteiger partial charge in [0.15, 0.2) is 5.82 Å². The van der Waals surface area contributed by atoms with Crippen molar-refractivity contribution >= 4 is 11.3 Å². The molecule has 1 aliphatic rings. The van der Waals surface area contributed by atoms with E-state index < -0.39 is 12.3 Å². The molecular formula is C10H10F2N4. The van der Waals surface area contributed by atoms with Crippen LogP contribution in [0.5, 0.6) is 0 Å². The first-order valence-electron chi connectivity index (χ1n) is 5.07. The van der Waals surface area contributed by atoms with Crippen molar-refractivity contribution in [3.63, 3.8) is 0 Å². The van der Waals surface area contributed by atoms with Crippen molar-refractivity contribution < 1.29 is 8.78 Å². The van der Waals surface area contributed by atoms with E-state index in [9.17, 15) is 8.78 Å². The molecule has 1 saturated heterocycles. The summed E-state index contributed by atoms with van der Waals surface area (Å²) in [6.45, 7) is 0.741. The molecule has 6 heteroatoms. The van der Waals surface area contributed by atoms with Crippen molar-refractivity contribution in [3.05, 3.63) is 24.7 Å². The van der Waals surface area contributed by atoms with Gasteiger partial charge in [0, 0.05) is 25.5 Å². The lowest BCUT2D eigenvalue weighted by Crippen LogP contribution is -2.50. The zero-order chi connectivity index (χ0) is 11.1. The Morgan fingerprint density at radius 1 is 1.31 bits per heavy atom. The van der Waals surface area contributed by atoms with E-state index in [0.717, 1.165) is 11.3 Å². The smallest absolute Gasteiger partial charge is 0.244 e. The van der Waals surface area contributed by atoms with Gasteiger partial charge in [-0.25, -0.2) is 18.3 Å². The fraction of sp³-hybridized carbons (Fsp3) is 0.400. The molecule has 1 fully saturated rings. The van der Waals surface area contributed by atoms with Crippen molar-refractivity contribution in [1.29, 1.82) is 0 Å². The third kappa shape index (κ3) is 1.33.